The van der Waals surface area contributed by atoms with Crippen LogP contribution in [-0.2, 0) is 9.53 Å². The lowest BCUT2D eigenvalue weighted by Gasteiger charge is -2.33. The number of aryl methyl sites for hydroxylation is 1. The summed E-state index contributed by atoms with van der Waals surface area (Å²) >= 11 is 0. The van der Waals surface area contributed by atoms with Gasteiger partial charge >= 0.3 is 0 Å². The molecule has 0 bridgehead atoms. The highest BCUT2D eigenvalue weighted by atomic mass is 16.5. The van der Waals surface area contributed by atoms with Crippen LogP contribution >= 0.6 is 0 Å². The van der Waals surface area contributed by atoms with Gasteiger partial charge in [0.1, 0.15) is 11.9 Å². The highest BCUT2D eigenvalue weighted by molar-refractivity contribution is 5.79. The lowest BCUT2D eigenvalue weighted by Crippen LogP contribution is -2.44. The summed E-state index contributed by atoms with van der Waals surface area (Å²) in [5, 5.41) is 6.93. The van der Waals surface area contributed by atoms with Crippen LogP contribution in [0.15, 0.2) is 12.2 Å². The third kappa shape index (κ3) is 2.53. The molecule has 2 aliphatic rings. The van der Waals surface area contributed by atoms with Crippen molar-refractivity contribution in [1.82, 2.24) is 20.1 Å². The maximum absolute atomic E-state index is 12.4. The van der Waals surface area contributed by atoms with E-state index in [0.29, 0.717) is 25.5 Å². The van der Waals surface area contributed by atoms with Crippen LogP contribution in [-0.4, -0.2) is 45.7 Å². The molecule has 2 heterocycles. The first-order valence-electron chi connectivity index (χ1n) is 6.68. The highest BCUT2D eigenvalue weighted by Crippen LogP contribution is 2.24. The van der Waals surface area contributed by atoms with Gasteiger partial charge in [0.05, 0.1) is 13.2 Å². The van der Waals surface area contributed by atoms with Gasteiger partial charge in [0.15, 0.2) is 5.82 Å². The molecule has 102 valence electrons. The minimum atomic E-state index is -0.211. The van der Waals surface area contributed by atoms with Gasteiger partial charge in [-0.25, -0.2) is 4.98 Å². The molecular formula is C13H18N4O2. The molecule has 1 fully saturated rings. The summed E-state index contributed by atoms with van der Waals surface area (Å²) in [6, 6.07) is 0. The molecule has 1 amide bonds. The largest absolute Gasteiger partial charge is 0.366 e. The summed E-state index contributed by atoms with van der Waals surface area (Å²) in [6.07, 6.45) is 5.68. The summed E-state index contributed by atoms with van der Waals surface area (Å²) in [7, 11) is 0. The minimum absolute atomic E-state index is 0.118. The van der Waals surface area contributed by atoms with Crippen molar-refractivity contribution in [2.45, 2.75) is 25.9 Å². The number of carbonyl (C=O) groups is 1. The van der Waals surface area contributed by atoms with Crippen LogP contribution in [0.2, 0.25) is 0 Å². The molecule has 1 atom stereocenters. The predicted molar refractivity (Wildman–Crippen MR) is 68.3 cm³/mol. The lowest BCUT2D eigenvalue weighted by atomic mass is 10.1. The Morgan fingerprint density at radius 3 is 2.95 bits per heavy atom. The van der Waals surface area contributed by atoms with Gasteiger partial charge in [0.2, 0.25) is 5.91 Å². The van der Waals surface area contributed by atoms with E-state index in [0.717, 1.165) is 18.7 Å². The van der Waals surface area contributed by atoms with Crippen LogP contribution in [0.4, 0.5) is 0 Å². The summed E-state index contributed by atoms with van der Waals surface area (Å²) in [6.45, 7) is 3.61. The number of ether oxygens (including phenoxy) is 1. The lowest BCUT2D eigenvalue weighted by molar-refractivity contribution is -0.143. The molecule has 6 nitrogen and oxygen atoms in total. The fourth-order valence-electron chi connectivity index (χ4n) is 2.59. The molecule has 1 saturated heterocycles. The Balaban J connectivity index is 1.66. The second-order valence-electron chi connectivity index (χ2n) is 5.06. The number of hydrogen-bond acceptors (Lipinski definition) is 4. The van der Waals surface area contributed by atoms with Crippen LogP contribution in [0.25, 0.3) is 0 Å². The van der Waals surface area contributed by atoms with Gasteiger partial charge < -0.3 is 9.64 Å². The number of nitrogens with one attached hydrogen (secondary N) is 1. The second-order valence-corrected chi connectivity index (χ2v) is 5.06. The number of aromatic nitrogens is 3. The number of hydrogen-bond donors (Lipinski definition) is 1. The number of amides is 1. The zero-order valence-electron chi connectivity index (χ0n) is 11.0. The average Bonchev–Trinajstić information content (AvgIpc) is 3.09. The number of aromatic amines is 1. The predicted octanol–water partition coefficient (Wildman–Crippen LogP) is 0.979. The van der Waals surface area contributed by atoms with Gasteiger partial charge in [-0.15, -0.1) is 0 Å². The molecule has 1 aliphatic carbocycles. The molecule has 6 heteroatoms. The molecule has 19 heavy (non-hydrogen) atoms. The van der Waals surface area contributed by atoms with Crippen molar-refractivity contribution in [3.8, 4) is 0 Å². The summed E-state index contributed by atoms with van der Waals surface area (Å²) in [5.74, 6) is 1.75. The first-order valence-corrected chi connectivity index (χ1v) is 6.68. The third-order valence-electron chi connectivity index (χ3n) is 3.64. The van der Waals surface area contributed by atoms with E-state index in [9.17, 15) is 4.79 Å². The molecule has 3 rings (SSSR count). The number of H-pyrrole nitrogens is 1. The summed E-state index contributed by atoms with van der Waals surface area (Å²) < 4.78 is 5.67. The van der Waals surface area contributed by atoms with Gasteiger partial charge in [-0.3, -0.25) is 9.89 Å². The normalized spacial score (nSPS) is 24.1. The summed E-state index contributed by atoms with van der Waals surface area (Å²) in [5.41, 5.74) is 0. The van der Waals surface area contributed by atoms with Crippen LogP contribution < -0.4 is 0 Å². The van der Waals surface area contributed by atoms with E-state index >= 15 is 0 Å². The molecule has 0 spiro atoms. The van der Waals surface area contributed by atoms with E-state index in [1.807, 2.05) is 11.8 Å². The van der Waals surface area contributed by atoms with Crippen molar-refractivity contribution >= 4 is 5.91 Å². The fourth-order valence-corrected chi connectivity index (χ4v) is 2.59. The molecule has 1 N–H and O–H groups in total. The van der Waals surface area contributed by atoms with E-state index in [1.54, 1.807) is 0 Å². The number of morpholine rings is 1. The van der Waals surface area contributed by atoms with E-state index in [4.69, 9.17) is 4.74 Å². The Morgan fingerprint density at radius 2 is 2.26 bits per heavy atom. The molecule has 0 unspecified atom stereocenters. The zero-order valence-corrected chi connectivity index (χ0v) is 11.0. The van der Waals surface area contributed by atoms with Crippen molar-refractivity contribution in [3.05, 3.63) is 23.8 Å². The molecule has 1 aromatic rings. The number of carbonyl (C=O) groups excluding carboxylic acids is 1. The second kappa shape index (κ2) is 5.13. The topological polar surface area (TPSA) is 71.1 Å². The Hall–Kier alpha value is -1.69. The van der Waals surface area contributed by atoms with Crippen molar-refractivity contribution in [2.24, 2.45) is 5.92 Å². The van der Waals surface area contributed by atoms with Gasteiger partial charge in [0.25, 0.3) is 0 Å². The first kappa shape index (κ1) is 12.3. The van der Waals surface area contributed by atoms with Gasteiger partial charge in [0, 0.05) is 12.5 Å². The van der Waals surface area contributed by atoms with Crippen LogP contribution in [0.5, 0.6) is 0 Å². The van der Waals surface area contributed by atoms with Gasteiger partial charge in [-0.05, 0) is 19.8 Å². The van der Waals surface area contributed by atoms with Crippen molar-refractivity contribution in [3.63, 3.8) is 0 Å². The maximum Gasteiger partial charge on any atom is 0.226 e. The minimum Gasteiger partial charge on any atom is -0.366 e. The highest BCUT2D eigenvalue weighted by Gasteiger charge is 2.31. The molecule has 1 aromatic heterocycles. The number of allylic oxidation sites excluding steroid dienone is 2. The van der Waals surface area contributed by atoms with E-state index < -0.39 is 0 Å². The van der Waals surface area contributed by atoms with E-state index in [-0.39, 0.29) is 17.9 Å². The van der Waals surface area contributed by atoms with Crippen LogP contribution in [0.1, 0.15) is 30.6 Å². The SMILES string of the molecule is Cc1nc([C@@H]2CN(C(=O)C3CC=CC3)CCO2)n[nH]1. The summed E-state index contributed by atoms with van der Waals surface area (Å²) in [4.78, 5) is 18.5. The molecular weight excluding hydrogens is 244 g/mol. The third-order valence-corrected chi connectivity index (χ3v) is 3.64. The van der Waals surface area contributed by atoms with Gasteiger partial charge in [-0.1, -0.05) is 12.2 Å². The monoisotopic (exact) mass is 262 g/mol. The molecule has 1 aliphatic heterocycles. The standard InChI is InChI=1S/C13H18N4O2/c1-9-14-12(16-15-9)11-8-17(6-7-19-11)13(18)10-4-2-3-5-10/h2-3,10-11H,4-8H2,1H3,(H,14,15,16)/t11-/m0/s1. The molecule has 0 radical (unpaired) electrons. The number of rotatable bonds is 2. The average molecular weight is 262 g/mol. The molecule has 0 saturated carbocycles. The fraction of sp³-hybridized carbons (Fsp3) is 0.615. The quantitative estimate of drug-likeness (QED) is 0.806. The van der Waals surface area contributed by atoms with Crippen molar-refractivity contribution < 1.29 is 9.53 Å². The van der Waals surface area contributed by atoms with E-state index in [2.05, 4.69) is 27.3 Å². The van der Waals surface area contributed by atoms with Crippen LogP contribution in [0, 0.1) is 12.8 Å². The maximum atomic E-state index is 12.4. The van der Waals surface area contributed by atoms with Crippen molar-refractivity contribution in [2.75, 3.05) is 19.7 Å². The Bertz CT molecular complexity index is 489. The number of nitrogens with zero attached hydrogens (tertiary/aromatic N) is 3. The first-order chi connectivity index (χ1) is 9.24. The Labute approximate surface area is 111 Å². The van der Waals surface area contributed by atoms with Crippen LogP contribution in [0.3, 0.4) is 0 Å². The smallest absolute Gasteiger partial charge is 0.226 e. The van der Waals surface area contributed by atoms with Crippen molar-refractivity contribution in [1.29, 1.82) is 0 Å². The Morgan fingerprint density at radius 1 is 1.47 bits per heavy atom. The van der Waals surface area contributed by atoms with E-state index in [1.165, 1.54) is 0 Å². The van der Waals surface area contributed by atoms with Gasteiger partial charge in [-0.2, -0.15) is 5.10 Å². The Kier molecular flexibility index (Phi) is 3.33. The molecule has 0 aromatic carbocycles. The zero-order chi connectivity index (χ0) is 13.2.